The van der Waals surface area contributed by atoms with Gasteiger partial charge in [0.15, 0.2) is 0 Å². The maximum absolute atomic E-state index is 11.8. The summed E-state index contributed by atoms with van der Waals surface area (Å²) in [5.41, 5.74) is 1.95. The van der Waals surface area contributed by atoms with Gasteiger partial charge in [-0.15, -0.1) is 0 Å². The Labute approximate surface area is 126 Å². The van der Waals surface area contributed by atoms with Gasteiger partial charge in [0.25, 0.3) is 0 Å². The number of hydrogen-bond donors (Lipinski definition) is 1. The van der Waals surface area contributed by atoms with Crippen molar-refractivity contribution < 1.29 is 9.53 Å². The van der Waals surface area contributed by atoms with Gasteiger partial charge < -0.3 is 4.74 Å². The number of fused-ring (bicyclic) bond motifs is 1. The molecule has 0 radical (unpaired) electrons. The molecule has 1 aliphatic rings. The highest BCUT2D eigenvalue weighted by molar-refractivity contribution is 7.97. The zero-order valence-electron chi connectivity index (χ0n) is 11.0. The maximum atomic E-state index is 11.8. The van der Waals surface area contributed by atoms with Crippen molar-refractivity contribution in [3.05, 3.63) is 65.7 Å². The van der Waals surface area contributed by atoms with Crippen molar-refractivity contribution in [3.8, 4) is 5.75 Å². The molecule has 0 aromatic heterocycles. The highest BCUT2D eigenvalue weighted by Crippen LogP contribution is 2.26. The molecule has 0 saturated heterocycles. The zero-order chi connectivity index (χ0) is 14.5. The molecule has 2 aromatic carbocycles. The minimum absolute atomic E-state index is 0.402. The Morgan fingerprint density at radius 2 is 2.05 bits per heavy atom. The topological polar surface area (TPSA) is 50.7 Å². The predicted molar refractivity (Wildman–Crippen MR) is 84.1 cm³/mol. The number of nitrogens with one attached hydrogen (secondary N) is 1. The van der Waals surface area contributed by atoms with Crippen LogP contribution in [0.5, 0.6) is 5.75 Å². The third kappa shape index (κ3) is 3.52. The third-order valence-corrected chi connectivity index (χ3v) is 3.60. The Hall–Kier alpha value is -2.53. The molecule has 0 aliphatic carbocycles. The van der Waals surface area contributed by atoms with Crippen molar-refractivity contribution in [2.24, 2.45) is 5.10 Å². The van der Waals surface area contributed by atoms with Crippen molar-refractivity contribution in [1.82, 2.24) is 4.83 Å². The summed E-state index contributed by atoms with van der Waals surface area (Å²) >= 11 is 1.38. The Morgan fingerprint density at radius 1 is 1.19 bits per heavy atom. The number of ether oxygens (including phenoxy) is 1. The Kier molecular flexibility index (Phi) is 4.02. The Bertz CT molecular complexity index is 711. The molecule has 0 bridgehead atoms. The second-order valence-electron chi connectivity index (χ2n) is 4.32. The monoisotopic (exact) mass is 296 g/mol. The summed E-state index contributed by atoms with van der Waals surface area (Å²) in [6.07, 6.45) is 4.87. The summed E-state index contributed by atoms with van der Waals surface area (Å²) in [5.74, 6) is 0.113. The molecule has 0 spiro atoms. The lowest BCUT2D eigenvalue weighted by molar-refractivity contribution is -0.128. The second kappa shape index (κ2) is 6.28. The number of carbonyl (C=O) groups is 1. The first-order chi connectivity index (χ1) is 10.3. The highest BCUT2D eigenvalue weighted by Gasteiger charge is 2.09. The molecule has 1 N–H and O–H groups in total. The Balaban J connectivity index is 1.68. The number of hydrogen-bond acceptors (Lipinski definition) is 5. The summed E-state index contributed by atoms with van der Waals surface area (Å²) < 4.78 is 5.29. The van der Waals surface area contributed by atoms with E-state index < -0.39 is 5.97 Å². The molecule has 5 heteroatoms. The average molecular weight is 296 g/mol. The molecule has 0 fully saturated rings. The number of rotatable bonds is 3. The fourth-order valence-corrected chi connectivity index (χ4v) is 2.44. The normalized spacial score (nSPS) is 12.8. The van der Waals surface area contributed by atoms with E-state index in [-0.39, 0.29) is 0 Å². The molecular formula is C16H12N2O2S. The van der Waals surface area contributed by atoms with Crippen LogP contribution in [0.3, 0.4) is 0 Å². The summed E-state index contributed by atoms with van der Waals surface area (Å²) in [6.45, 7) is 0. The number of esters is 1. The summed E-state index contributed by atoms with van der Waals surface area (Å²) in [4.78, 5) is 15.6. The van der Waals surface area contributed by atoms with Gasteiger partial charge in [0.05, 0.1) is 6.21 Å². The van der Waals surface area contributed by atoms with Gasteiger partial charge in [-0.3, -0.25) is 0 Å². The molecule has 0 amide bonds. The molecule has 0 unspecified atom stereocenters. The van der Waals surface area contributed by atoms with Crippen molar-refractivity contribution in [1.29, 1.82) is 0 Å². The lowest BCUT2D eigenvalue weighted by atomic mass is 10.2. The standard InChI is InChI=1S/C16H12N2O2S/c19-16(9-6-12-4-2-1-3-5-12)20-14-8-7-13-11-17-18-21-15(13)10-14/h1-11,18H. The number of nitrogens with zero attached hydrogens (tertiary/aromatic N) is 1. The minimum atomic E-state index is -0.402. The molecule has 21 heavy (non-hydrogen) atoms. The molecule has 1 heterocycles. The van der Waals surface area contributed by atoms with E-state index >= 15 is 0 Å². The lowest BCUT2D eigenvalue weighted by Gasteiger charge is -2.11. The van der Waals surface area contributed by atoms with E-state index in [0.29, 0.717) is 5.75 Å². The molecule has 0 atom stereocenters. The SMILES string of the molecule is O=C(C=Cc1ccccc1)Oc1ccc2c(c1)SNN=C2. The summed E-state index contributed by atoms with van der Waals surface area (Å²) in [7, 11) is 0. The van der Waals surface area contributed by atoms with E-state index in [0.717, 1.165) is 16.0 Å². The van der Waals surface area contributed by atoms with Gasteiger partial charge >= 0.3 is 5.97 Å². The highest BCUT2D eigenvalue weighted by atomic mass is 32.2. The first-order valence-electron chi connectivity index (χ1n) is 6.35. The smallest absolute Gasteiger partial charge is 0.336 e. The van der Waals surface area contributed by atoms with Crippen molar-refractivity contribution in [2.45, 2.75) is 4.90 Å². The van der Waals surface area contributed by atoms with Gasteiger partial charge in [0.1, 0.15) is 5.75 Å². The van der Waals surface area contributed by atoms with Crippen LogP contribution >= 0.6 is 11.9 Å². The van der Waals surface area contributed by atoms with Crippen LogP contribution in [0, 0.1) is 0 Å². The number of benzene rings is 2. The molecule has 104 valence electrons. The molecule has 0 saturated carbocycles. The van der Waals surface area contributed by atoms with Crippen LogP contribution in [0.4, 0.5) is 0 Å². The van der Waals surface area contributed by atoms with E-state index in [1.807, 2.05) is 42.5 Å². The largest absolute Gasteiger partial charge is 0.423 e. The van der Waals surface area contributed by atoms with Crippen LogP contribution < -0.4 is 9.57 Å². The zero-order valence-corrected chi connectivity index (χ0v) is 11.8. The third-order valence-electron chi connectivity index (χ3n) is 2.83. The van der Waals surface area contributed by atoms with Gasteiger partial charge in [0, 0.05) is 28.5 Å². The summed E-state index contributed by atoms with van der Waals surface area (Å²) in [5, 5.41) is 3.94. The van der Waals surface area contributed by atoms with E-state index in [1.165, 1.54) is 18.0 Å². The van der Waals surface area contributed by atoms with Crippen LogP contribution in [0.2, 0.25) is 0 Å². The molecular weight excluding hydrogens is 284 g/mol. The lowest BCUT2D eigenvalue weighted by Crippen LogP contribution is -2.06. The fraction of sp³-hybridized carbons (Fsp3) is 0. The second-order valence-corrected chi connectivity index (χ2v) is 5.14. The van der Waals surface area contributed by atoms with Crippen LogP contribution in [-0.4, -0.2) is 12.2 Å². The fourth-order valence-electron chi connectivity index (χ4n) is 1.82. The predicted octanol–water partition coefficient (Wildman–Crippen LogP) is 3.25. The molecule has 1 aliphatic heterocycles. The van der Waals surface area contributed by atoms with Gasteiger partial charge in [-0.05, 0) is 29.8 Å². The maximum Gasteiger partial charge on any atom is 0.336 e. The molecule has 2 aromatic rings. The van der Waals surface area contributed by atoms with Gasteiger partial charge in [-0.25, -0.2) is 9.63 Å². The van der Waals surface area contributed by atoms with Gasteiger partial charge in [-0.2, -0.15) is 5.10 Å². The number of hydrazone groups is 1. The first kappa shape index (κ1) is 13.5. The first-order valence-corrected chi connectivity index (χ1v) is 7.17. The van der Waals surface area contributed by atoms with Crippen LogP contribution in [-0.2, 0) is 4.79 Å². The van der Waals surface area contributed by atoms with Crippen LogP contribution in [0.25, 0.3) is 6.08 Å². The van der Waals surface area contributed by atoms with Crippen LogP contribution in [0.15, 0.2) is 64.6 Å². The molecule has 4 nitrogen and oxygen atoms in total. The van der Waals surface area contributed by atoms with Crippen LogP contribution in [0.1, 0.15) is 11.1 Å². The van der Waals surface area contributed by atoms with Crippen molar-refractivity contribution in [2.75, 3.05) is 0 Å². The van der Waals surface area contributed by atoms with E-state index in [4.69, 9.17) is 4.74 Å². The van der Waals surface area contributed by atoms with E-state index in [9.17, 15) is 4.79 Å². The van der Waals surface area contributed by atoms with E-state index in [2.05, 4.69) is 9.93 Å². The summed E-state index contributed by atoms with van der Waals surface area (Å²) in [6, 6.07) is 15.0. The number of carbonyl (C=O) groups excluding carboxylic acids is 1. The van der Waals surface area contributed by atoms with E-state index in [1.54, 1.807) is 18.4 Å². The van der Waals surface area contributed by atoms with Gasteiger partial charge in [-0.1, -0.05) is 30.3 Å². The molecule has 3 rings (SSSR count). The Morgan fingerprint density at radius 3 is 2.90 bits per heavy atom. The average Bonchev–Trinajstić information content (AvgIpc) is 2.54. The van der Waals surface area contributed by atoms with Gasteiger partial charge in [0.2, 0.25) is 0 Å². The quantitative estimate of drug-likeness (QED) is 0.409. The van der Waals surface area contributed by atoms with Crippen molar-refractivity contribution >= 4 is 30.2 Å². The minimum Gasteiger partial charge on any atom is -0.423 e. The van der Waals surface area contributed by atoms with Crippen molar-refractivity contribution in [3.63, 3.8) is 0 Å².